The second-order valence-corrected chi connectivity index (χ2v) is 7.94. The molecule has 3 aromatic heterocycles. The molecule has 0 atom stereocenters. The van der Waals surface area contributed by atoms with Crippen molar-refractivity contribution in [2.75, 3.05) is 6.54 Å². The maximum atomic E-state index is 13.1. The van der Waals surface area contributed by atoms with E-state index in [1.807, 2.05) is 23.7 Å². The van der Waals surface area contributed by atoms with Crippen molar-refractivity contribution in [2.45, 2.75) is 19.5 Å². The van der Waals surface area contributed by atoms with Gasteiger partial charge in [-0.2, -0.15) is 0 Å². The van der Waals surface area contributed by atoms with E-state index < -0.39 is 0 Å². The molecule has 0 N–H and O–H groups in total. The average molecular weight is 403 g/mol. The Bertz CT molecular complexity index is 1130. The van der Waals surface area contributed by atoms with Gasteiger partial charge < -0.3 is 0 Å². The molecule has 4 heterocycles. The normalized spacial score (nSPS) is 14.0. The van der Waals surface area contributed by atoms with Crippen LogP contribution in [0.5, 0.6) is 0 Å². The van der Waals surface area contributed by atoms with Gasteiger partial charge >= 0.3 is 0 Å². The fraction of sp³-hybridized carbons (Fsp3) is 0.182. The second-order valence-electron chi connectivity index (χ2n) is 7.00. The highest BCUT2D eigenvalue weighted by molar-refractivity contribution is 7.09. The molecule has 1 aliphatic rings. The van der Waals surface area contributed by atoms with Gasteiger partial charge in [-0.3, -0.25) is 9.88 Å². The molecule has 144 valence electrons. The minimum absolute atomic E-state index is 0.231. The molecule has 29 heavy (non-hydrogen) atoms. The van der Waals surface area contributed by atoms with Crippen molar-refractivity contribution < 1.29 is 4.39 Å². The van der Waals surface area contributed by atoms with Crippen molar-refractivity contribution in [3.8, 4) is 22.6 Å². The van der Waals surface area contributed by atoms with Gasteiger partial charge in [0.2, 0.25) is 0 Å². The van der Waals surface area contributed by atoms with E-state index >= 15 is 0 Å². The van der Waals surface area contributed by atoms with Gasteiger partial charge in [0.05, 0.1) is 17.9 Å². The summed E-state index contributed by atoms with van der Waals surface area (Å²) in [4.78, 5) is 20.5. The molecular formula is C22H18FN5S. The van der Waals surface area contributed by atoms with Crippen LogP contribution < -0.4 is 0 Å². The molecule has 5 nitrogen and oxygen atoms in total. The summed E-state index contributed by atoms with van der Waals surface area (Å²) in [6, 6.07) is 10.3. The number of fused-ring (bicyclic) bond motifs is 1. The molecule has 0 amide bonds. The molecule has 0 radical (unpaired) electrons. The number of rotatable bonds is 4. The van der Waals surface area contributed by atoms with Gasteiger partial charge in [-0.1, -0.05) is 0 Å². The molecule has 0 unspecified atom stereocenters. The number of hydrogen-bond donors (Lipinski definition) is 0. The van der Waals surface area contributed by atoms with Gasteiger partial charge in [-0.15, -0.1) is 11.3 Å². The van der Waals surface area contributed by atoms with Crippen LogP contribution in [0.4, 0.5) is 4.39 Å². The maximum Gasteiger partial charge on any atom is 0.160 e. The standard InChI is InChI=1S/C22H18FN5S/c23-18-5-3-15(4-6-18)20-14-29-21(26-20)13-28-9-7-19-17(12-28)11-25-22(27-19)16-2-1-8-24-10-16/h1-6,8,10-11,14H,7,9,12-13H2. The summed E-state index contributed by atoms with van der Waals surface area (Å²) in [6.07, 6.45) is 6.36. The first-order chi connectivity index (χ1) is 14.2. The van der Waals surface area contributed by atoms with Crippen molar-refractivity contribution in [2.24, 2.45) is 0 Å². The number of pyridine rings is 1. The van der Waals surface area contributed by atoms with Gasteiger partial charge in [0.1, 0.15) is 10.8 Å². The predicted octanol–water partition coefficient (Wildman–Crippen LogP) is 4.36. The molecule has 7 heteroatoms. The van der Waals surface area contributed by atoms with Crippen LogP contribution in [0.15, 0.2) is 60.4 Å². The lowest BCUT2D eigenvalue weighted by Crippen LogP contribution is -2.30. The molecule has 0 bridgehead atoms. The van der Waals surface area contributed by atoms with E-state index in [1.165, 1.54) is 17.7 Å². The zero-order chi connectivity index (χ0) is 19.6. The van der Waals surface area contributed by atoms with Crippen molar-refractivity contribution in [3.63, 3.8) is 0 Å². The van der Waals surface area contributed by atoms with Crippen LogP contribution in [0.2, 0.25) is 0 Å². The molecule has 0 saturated heterocycles. The van der Waals surface area contributed by atoms with Crippen molar-refractivity contribution in [3.05, 3.63) is 82.5 Å². The number of thiazole rings is 1. The number of aromatic nitrogens is 4. The SMILES string of the molecule is Fc1ccc(-c2csc(CN3CCc4nc(-c5cccnc5)ncc4C3)n2)cc1. The summed E-state index contributed by atoms with van der Waals surface area (Å²) in [7, 11) is 0. The van der Waals surface area contributed by atoms with E-state index in [4.69, 9.17) is 9.97 Å². The minimum Gasteiger partial charge on any atom is -0.292 e. The fourth-order valence-electron chi connectivity index (χ4n) is 3.47. The Morgan fingerprint density at radius 1 is 1.03 bits per heavy atom. The van der Waals surface area contributed by atoms with Crippen LogP contribution in [-0.4, -0.2) is 31.4 Å². The Labute approximate surface area is 172 Å². The Hall–Kier alpha value is -3.03. The quantitative estimate of drug-likeness (QED) is 0.507. The first kappa shape index (κ1) is 18.0. The Balaban J connectivity index is 1.29. The lowest BCUT2D eigenvalue weighted by molar-refractivity contribution is 0.242. The van der Waals surface area contributed by atoms with E-state index in [9.17, 15) is 4.39 Å². The second kappa shape index (κ2) is 7.77. The lowest BCUT2D eigenvalue weighted by Gasteiger charge is -2.27. The predicted molar refractivity (Wildman–Crippen MR) is 111 cm³/mol. The van der Waals surface area contributed by atoms with Gasteiger partial charge in [0.15, 0.2) is 5.82 Å². The van der Waals surface area contributed by atoms with Gasteiger partial charge in [-0.25, -0.2) is 19.3 Å². The number of benzene rings is 1. The highest BCUT2D eigenvalue weighted by Gasteiger charge is 2.20. The molecule has 0 aliphatic carbocycles. The van der Waals surface area contributed by atoms with Crippen LogP contribution in [-0.2, 0) is 19.5 Å². The highest BCUT2D eigenvalue weighted by atomic mass is 32.1. The first-order valence-electron chi connectivity index (χ1n) is 9.42. The van der Waals surface area contributed by atoms with Crippen LogP contribution >= 0.6 is 11.3 Å². The summed E-state index contributed by atoms with van der Waals surface area (Å²) >= 11 is 1.64. The monoisotopic (exact) mass is 403 g/mol. The Morgan fingerprint density at radius 3 is 2.76 bits per heavy atom. The van der Waals surface area contributed by atoms with Crippen LogP contribution in [0.25, 0.3) is 22.6 Å². The number of hydrogen-bond acceptors (Lipinski definition) is 6. The third kappa shape index (κ3) is 3.92. The molecule has 0 spiro atoms. The van der Waals surface area contributed by atoms with Crippen LogP contribution in [0, 0.1) is 5.82 Å². The lowest BCUT2D eigenvalue weighted by atomic mass is 10.1. The van der Waals surface area contributed by atoms with Gasteiger partial charge in [-0.05, 0) is 36.4 Å². The third-order valence-electron chi connectivity index (χ3n) is 4.98. The minimum atomic E-state index is -0.231. The maximum absolute atomic E-state index is 13.1. The fourth-order valence-corrected chi connectivity index (χ4v) is 4.32. The van der Waals surface area contributed by atoms with Gasteiger partial charge in [0.25, 0.3) is 0 Å². The number of nitrogens with zero attached hydrogens (tertiary/aromatic N) is 5. The smallest absolute Gasteiger partial charge is 0.160 e. The molecule has 5 rings (SSSR count). The van der Waals surface area contributed by atoms with Crippen LogP contribution in [0.1, 0.15) is 16.3 Å². The highest BCUT2D eigenvalue weighted by Crippen LogP contribution is 2.25. The summed E-state index contributed by atoms with van der Waals surface area (Å²) in [5.41, 5.74) is 5.05. The molecule has 1 aliphatic heterocycles. The van der Waals surface area contributed by atoms with E-state index in [0.29, 0.717) is 0 Å². The van der Waals surface area contributed by atoms with E-state index in [0.717, 1.165) is 59.4 Å². The topological polar surface area (TPSA) is 54.8 Å². The molecule has 4 aromatic rings. The first-order valence-corrected chi connectivity index (χ1v) is 10.3. The third-order valence-corrected chi connectivity index (χ3v) is 5.82. The van der Waals surface area contributed by atoms with Crippen LogP contribution in [0.3, 0.4) is 0 Å². The van der Waals surface area contributed by atoms with Crippen molar-refractivity contribution in [1.29, 1.82) is 0 Å². The van der Waals surface area contributed by atoms with Crippen molar-refractivity contribution >= 4 is 11.3 Å². The number of halogens is 1. The van der Waals surface area contributed by atoms with E-state index in [2.05, 4.69) is 14.9 Å². The largest absolute Gasteiger partial charge is 0.292 e. The summed E-state index contributed by atoms with van der Waals surface area (Å²) in [5.74, 6) is 0.499. The summed E-state index contributed by atoms with van der Waals surface area (Å²) < 4.78 is 13.1. The molecule has 0 saturated carbocycles. The molecule has 1 aromatic carbocycles. The molecular weight excluding hydrogens is 385 g/mol. The van der Waals surface area contributed by atoms with Crippen molar-refractivity contribution in [1.82, 2.24) is 24.8 Å². The zero-order valence-electron chi connectivity index (χ0n) is 15.6. The Morgan fingerprint density at radius 2 is 1.93 bits per heavy atom. The van der Waals surface area contributed by atoms with E-state index in [-0.39, 0.29) is 5.82 Å². The molecule has 0 fully saturated rings. The summed E-state index contributed by atoms with van der Waals surface area (Å²) in [6.45, 7) is 2.53. The average Bonchev–Trinajstić information content (AvgIpc) is 3.23. The van der Waals surface area contributed by atoms with Gasteiger partial charge in [0, 0.05) is 60.2 Å². The van der Waals surface area contributed by atoms with E-state index in [1.54, 1.807) is 35.9 Å². The zero-order valence-corrected chi connectivity index (χ0v) is 16.4. The Kier molecular flexibility index (Phi) is 4.83. The summed E-state index contributed by atoms with van der Waals surface area (Å²) in [5, 5.41) is 3.09.